The second kappa shape index (κ2) is 12.7. The van der Waals surface area contributed by atoms with Gasteiger partial charge in [-0.25, -0.2) is 0 Å². The Morgan fingerprint density at radius 1 is 0.404 bits per heavy atom. The topological polar surface area (TPSA) is 14.8 Å². The van der Waals surface area contributed by atoms with Crippen LogP contribution in [0.4, 0.5) is 0 Å². The van der Waals surface area contributed by atoms with E-state index in [1.54, 1.807) is 0 Å². The van der Waals surface area contributed by atoms with Gasteiger partial charge in [0.1, 0.15) is 5.65 Å². The largest absolute Gasteiger partial charge is 0.309 e. The van der Waals surface area contributed by atoms with Gasteiger partial charge in [0.25, 0.3) is 0 Å². The number of hydrogen-bond donors (Lipinski definition) is 0. The molecule has 11 aromatic rings. The summed E-state index contributed by atoms with van der Waals surface area (Å²) in [5.41, 5.74) is 16.6. The molecule has 0 aliphatic heterocycles. The van der Waals surface area contributed by atoms with Crippen LogP contribution in [0, 0.1) is 0 Å². The summed E-state index contributed by atoms with van der Waals surface area (Å²) in [6, 6.07) is 71.7. The van der Waals surface area contributed by atoms with E-state index in [0.717, 1.165) is 36.3 Å². The molecular weight excluding hydrogens is 691 g/mol. The minimum atomic E-state index is 0.466. The molecule has 8 aromatic carbocycles. The van der Waals surface area contributed by atoms with Crippen LogP contribution >= 0.6 is 0 Å². The predicted octanol–water partition coefficient (Wildman–Crippen LogP) is 13.8. The SMILES string of the molecule is c1ccc(CCC2Cc3cc4c(cc3-c3ccccc32)c2ccccc2n4-c2cccc(-n3c4ccccc4c4c5ccccc5n(-c5ccccc5)c43)c2)cc1. The molecule has 0 fully saturated rings. The monoisotopic (exact) mass is 729 g/mol. The van der Waals surface area contributed by atoms with E-state index in [1.165, 1.54) is 82.5 Å². The van der Waals surface area contributed by atoms with Crippen LogP contribution in [0.2, 0.25) is 0 Å². The third-order valence-electron chi connectivity index (χ3n) is 12.5. The van der Waals surface area contributed by atoms with Gasteiger partial charge in [-0.1, -0.05) is 133 Å². The van der Waals surface area contributed by atoms with Crippen molar-refractivity contribution in [3.8, 4) is 28.2 Å². The summed E-state index contributed by atoms with van der Waals surface area (Å²) in [7, 11) is 0. The van der Waals surface area contributed by atoms with Gasteiger partial charge >= 0.3 is 0 Å². The average Bonchev–Trinajstić information content (AvgIpc) is 3.91. The Bertz CT molecular complexity index is 3320. The minimum Gasteiger partial charge on any atom is -0.309 e. The third-order valence-corrected chi connectivity index (χ3v) is 12.5. The first-order chi connectivity index (χ1) is 28.3. The van der Waals surface area contributed by atoms with E-state index in [9.17, 15) is 0 Å². The molecule has 1 unspecified atom stereocenters. The van der Waals surface area contributed by atoms with Crippen molar-refractivity contribution in [2.45, 2.75) is 25.2 Å². The number of fused-ring (bicyclic) bond motifs is 11. The van der Waals surface area contributed by atoms with Crippen LogP contribution < -0.4 is 0 Å². The first kappa shape index (κ1) is 32.2. The van der Waals surface area contributed by atoms with Gasteiger partial charge in [-0.2, -0.15) is 0 Å². The van der Waals surface area contributed by atoms with E-state index in [2.05, 4.69) is 208 Å². The van der Waals surface area contributed by atoms with Crippen molar-refractivity contribution in [1.82, 2.24) is 13.7 Å². The summed E-state index contributed by atoms with van der Waals surface area (Å²) in [6.45, 7) is 0. The van der Waals surface area contributed by atoms with Crippen molar-refractivity contribution in [2.75, 3.05) is 0 Å². The number of hydrogen-bond acceptors (Lipinski definition) is 0. The summed E-state index contributed by atoms with van der Waals surface area (Å²) in [5.74, 6) is 0.466. The summed E-state index contributed by atoms with van der Waals surface area (Å²) in [4.78, 5) is 0. The number of aromatic nitrogens is 3. The number of aryl methyl sites for hydroxylation is 1. The number of para-hydroxylation sites is 4. The van der Waals surface area contributed by atoms with Crippen LogP contribution in [0.1, 0.15) is 29.0 Å². The lowest BCUT2D eigenvalue weighted by Crippen LogP contribution is -2.12. The highest BCUT2D eigenvalue weighted by atomic mass is 15.1. The highest BCUT2D eigenvalue weighted by Gasteiger charge is 2.27. The average molecular weight is 730 g/mol. The molecular formula is C54H39N3. The van der Waals surface area contributed by atoms with E-state index in [4.69, 9.17) is 0 Å². The van der Waals surface area contributed by atoms with Gasteiger partial charge in [0.15, 0.2) is 0 Å². The molecule has 3 nitrogen and oxygen atoms in total. The van der Waals surface area contributed by atoms with Crippen LogP contribution in [0.5, 0.6) is 0 Å². The van der Waals surface area contributed by atoms with Crippen molar-refractivity contribution < 1.29 is 0 Å². The number of benzene rings is 8. The Morgan fingerprint density at radius 3 is 1.70 bits per heavy atom. The van der Waals surface area contributed by atoms with Gasteiger partial charge in [-0.3, -0.25) is 9.13 Å². The maximum atomic E-state index is 2.51. The summed E-state index contributed by atoms with van der Waals surface area (Å²) < 4.78 is 7.42. The molecule has 0 saturated heterocycles. The van der Waals surface area contributed by atoms with Crippen LogP contribution in [0.25, 0.3) is 82.8 Å². The number of nitrogens with zero attached hydrogens (tertiary/aromatic N) is 3. The van der Waals surface area contributed by atoms with E-state index in [-0.39, 0.29) is 0 Å². The van der Waals surface area contributed by atoms with Gasteiger partial charge in [0, 0.05) is 44.0 Å². The summed E-state index contributed by atoms with van der Waals surface area (Å²) >= 11 is 0. The Balaban J connectivity index is 1.07. The van der Waals surface area contributed by atoms with Gasteiger partial charge in [0.2, 0.25) is 0 Å². The fraction of sp³-hybridized carbons (Fsp3) is 0.0741. The zero-order valence-electron chi connectivity index (χ0n) is 31.5. The molecule has 57 heavy (non-hydrogen) atoms. The van der Waals surface area contributed by atoms with Crippen molar-refractivity contribution in [3.05, 3.63) is 211 Å². The quantitative estimate of drug-likeness (QED) is 0.162. The fourth-order valence-corrected chi connectivity index (χ4v) is 10.0. The highest BCUT2D eigenvalue weighted by molar-refractivity contribution is 6.22. The molecule has 0 bridgehead atoms. The smallest absolute Gasteiger partial charge is 0.131 e. The normalized spacial score (nSPS) is 13.9. The van der Waals surface area contributed by atoms with Gasteiger partial charge in [-0.15, -0.1) is 0 Å². The zero-order chi connectivity index (χ0) is 37.5. The van der Waals surface area contributed by atoms with Crippen LogP contribution in [-0.2, 0) is 12.8 Å². The third kappa shape index (κ3) is 4.92. The Morgan fingerprint density at radius 2 is 0.965 bits per heavy atom. The molecule has 1 atom stereocenters. The second-order valence-corrected chi connectivity index (χ2v) is 15.7. The first-order valence-electron chi connectivity index (χ1n) is 20.2. The van der Waals surface area contributed by atoms with Crippen molar-refractivity contribution in [2.24, 2.45) is 0 Å². The van der Waals surface area contributed by atoms with E-state index in [1.807, 2.05) is 0 Å². The van der Waals surface area contributed by atoms with E-state index >= 15 is 0 Å². The van der Waals surface area contributed by atoms with Crippen LogP contribution in [-0.4, -0.2) is 13.7 Å². The van der Waals surface area contributed by atoms with Crippen LogP contribution in [0.15, 0.2) is 194 Å². The fourth-order valence-electron chi connectivity index (χ4n) is 10.0. The van der Waals surface area contributed by atoms with Crippen LogP contribution in [0.3, 0.4) is 0 Å². The van der Waals surface area contributed by atoms with E-state index in [0.29, 0.717) is 5.92 Å². The Labute approximate surface area is 331 Å². The highest BCUT2D eigenvalue weighted by Crippen LogP contribution is 2.46. The van der Waals surface area contributed by atoms with E-state index < -0.39 is 0 Å². The first-order valence-corrected chi connectivity index (χ1v) is 20.2. The lowest BCUT2D eigenvalue weighted by atomic mass is 9.76. The minimum absolute atomic E-state index is 0.466. The maximum absolute atomic E-state index is 2.51. The lowest BCUT2D eigenvalue weighted by Gasteiger charge is -2.28. The zero-order valence-corrected chi connectivity index (χ0v) is 31.5. The lowest BCUT2D eigenvalue weighted by molar-refractivity contribution is 0.616. The molecule has 3 aromatic heterocycles. The molecule has 3 heterocycles. The Kier molecular flexibility index (Phi) is 7.18. The molecule has 0 amide bonds. The maximum Gasteiger partial charge on any atom is 0.131 e. The van der Waals surface area contributed by atoms with Crippen molar-refractivity contribution in [1.29, 1.82) is 0 Å². The molecule has 0 spiro atoms. The Hall–Kier alpha value is -7.10. The predicted molar refractivity (Wildman–Crippen MR) is 239 cm³/mol. The molecule has 0 radical (unpaired) electrons. The molecule has 3 heteroatoms. The summed E-state index contributed by atoms with van der Waals surface area (Å²) in [6.07, 6.45) is 3.24. The summed E-state index contributed by atoms with van der Waals surface area (Å²) in [5, 5.41) is 6.38. The standard InChI is InChI=1S/C54H39N3/c1-3-16-36(17-4-1)30-31-37-32-38-33-52-48(35-47(38)43-23-8-7-22-42(37)43)44-24-9-12-27-49(44)55(52)40-20-15-21-41(34-40)57-51-29-14-11-26-46(51)53-45-25-10-13-28-50(45)56(54(53)57)39-18-5-2-6-19-39/h1-29,33-35,37H,30-32H2. The van der Waals surface area contributed by atoms with Gasteiger partial charge in [-0.05, 0) is 114 Å². The molecule has 1 aliphatic carbocycles. The molecule has 0 N–H and O–H groups in total. The molecule has 270 valence electrons. The van der Waals surface area contributed by atoms with Gasteiger partial charge < -0.3 is 4.57 Å². The molecule has 12 rings (SSSR count). The van der Waals surface area contributed by atoms with Crippen molar-refractivity contribution >= 4 is 54.6 Å². The van der Waals surface area contributed by atoms with Crippen molar-refractivity contribution in [3.63, 3.8) is 0 Å². The number of rotatable bonds is 6. The molecule has 0 saturated carbocycles. The van der Waals surface area contributed by atoms with Gasteiger partial charge in [0.05, 0.1) is 22.1 Å². The molecule has 1 aliphatic rings. The second-order valence-electron chi connectivity index (χ2n) is 15.7.